The van der Waals surface area contributed by atoms with Gasteiger partial charge in [0.1, 0.15) is 0 Å². The lowest BCUT2D eigenvalue weighted by Gasteiger charge is -2.35. The standard InChI is InChI=1S/C25H24F3N3O3/c1-15-7-6-8-16(11-15)21(33)30-24(25(26,27)28)20-18(12-23(2,3)13-19(20)32)31(22(24)34)14-17-9-4-5-10-29-17/h4-11H,12-14H2,1-3H3,(H,30,33). The molecule has 1 aliphatic carbocycles. The summed E-state index contributed by atoms with van der Waals surface area (Å²) in [4.78, 5) is 44.9. The van der Waals surface area contributed by atoms with Crippen LogP contribution in [0.25, 0.3) is 0 Å². The van der Waals surface area contributed by atoms with Crippen molar-refractivity contribution in [1.29, 1.82) is 0 Å². The number of aryl methyl sites for hydroxylation is 1. The molecule has 0 saturated heterocycles. The van der Waals surface area contributed by atoms with Gasteiger partial charge in [-0.15, -0.1) is 0 Å². The predicted molar refractivity (Wildman–Crippen MR) is 117 cm³/mol. The minimum Gasteiger partial charge on any atom is -0.326 e. The Hall–Kier alpha value is -3.49. The van der Waals surface area contributed by atoms with Gasteiger partial charge in [0.25, 0.3) is 11.8 Å². The first-order valence-corrected chi connectivity index (χ1v) is 10.8. The minimum absolute atomic E-state index is 0.0150. The van der Waals surface area contributed by atoms with Crippen LogP contribution in [0.4, 0.5) is 13.2 Å². The highest BCUT2D eigenvalue weighted by molar-refractivity contribution is 6.14. The lowest BCUT2D eigenvalue weighted by Crippen LogP contribution is -2.66. The Bertz CT molecular complexity index is 1200. The number of pyridine rings is 1. The zero-order valence-corrected chi connectivity index (χ0v) is 19.0. The van der Waals surface area contributed by atoms with Crippen LogP contribution in [0.2, 0.25) is 0 Å². The number of alkyl halides is 3. The Labute approximate surface area is 194 Å². The number of rotatable bonds is 4. The first kappa shape index (κ1) is 23.7. The third-order valence-electron chi connectivity index (χ3n) is 6.17. The van der Waals surface area contributed by atoms with E-state index in [1.54, 1.807) is 45.0 Å². The highest BCUT2D eigenvalue weighted by atomic mass is 19.4. The van der Waals surface area contributed by atoms with Crippen LogP contribution in [0.3, 0.4) is 0 Å². The number of amides is 2. The number of hydrogen-bond acceptors (Lipinski definition) is 4. The number of hydrogen-bond donors (Lipinski definition) is 1. The van der Waals surface area contributed by atoms with Gasteiger partial charge in [0.2, 0.25) is 5.54 Å². The molecule has 1 aromatic heterocycles. The zero-order chi connectivity index (χ0) is 24.9. The van der Waals surface area contributed by atoms with Crippen molar-refractivity contribution in [1.82, 2.24) is 15.2 Å². The molecular formula is C25H24F3N3O3. The Balaban J connectivity index is 1.88. The lowest BCUT2D eigenvalue weighted by molar-refractivity contribution is -0.190. The summed E-state index contributed by atoms with van der Waals surface area (Å²) in [5.74, 6) is -3.29. The van der Waals surface area contributed by atoms with Gasteiger partial charge in [-0.1, -0.05) is 37.6 Å². The second kappa shape index (κ2) is 8.07. The second-order valence-corrected chi connectivity index (χ2v) is 9.55. The molecule has 2 heterocycles. The maximum Gasteiger partial charge on any atom is 0.425 e. The fourth-order valence-corrected chi connectivity index (χ4v) is 4.68. The summed E-state index contributed by atoms with van der Waals surface area (Å²) in [6.07, 6.45) is -3.88. The van der Waals surface area contributed by atoms with E-state index in [4.69, 9.17) is 0 Å². The molecule has 6 nitrogen and oxygen atoms in total. The Kier molecular flexibility index (Phi) is 5.62. The van der Waals surface area contributed by atoms with Crippen LogP contribution in [0, 0.1) is 12.3 Å². The normalized spacial score (nSPS) is 22.1. The van der Waals surface area contributed by atoms with E-state index in [0.29, 0.717) is 11.3 Å². The molecule has 0 bridgehead atoms. The summed E-state index contributed by atoms with van der Waals surface area (Å²) in [5.41, 5.74) is -3.84. The quantitative estimate of drug-likeness (QED) is 0.728. The molecule has 1 N–H and O–H groups in total. The van der Waals surface area contributed by atoms with Crippen molar-refractivity contribution >= 4 is 17.6 Å². The second-order valence-electron chi connectivity index (χ2n) is 9.55. The van der Waals surface area contributed by atoms with E-state index in [1.807, 2.05) is 5.32 Å². The number of carbonyl (C=O) groups is 3. The lowest BCUT2D eigenvalue weighted by atomic mass is 9.72. The summed E-state index contributed by atoms with van der Waals surface area (Å²) >= 11 is 0. The van der Waals surface area contributed by atoms with E-state index in [0.717, 1.165) is 4.90 Å². The molecule has 1 aromatic carbocycles. The topological polar surface area (TPSA) is 79.4 Å². The summed E-state index contributed by atoms with van der Waals surface area (Å²) in [6.45, 7) is 4.97. The molecule has 1 unspecified atom stereocenters. The third-order valence-corrected chi connectivity index (χ3v) is 6.17. The number of nitrogens with one attached hydrogen (secondary N) is 1. The molecule has 178 valence electrons. The van der Waals surface area contributed by atoms with Crippen molar-refractivity contribution in [2.75, 3.05) is 0 Å². The van der Waals surface area contributed by atoms with Crippen LogP contribution in [0.15, 0.2) is 59.9 Å². The first-order valence-electron chi connectivity index (χ1n) is 10.8. The van der Waals surface area contributed by atoms with Crippen molar-refractivity contribution in [3.63, 3.8) is 0 Å². The van der Waals surface area contributed by atoms with Crippen LogP contribution in [-0.2, 0) is 16.1 Å². The van der Waals surface area contributed by atoms with Gasteiger partial charge < -0.3 is 10.2 Å². The summed E-state index contributed by atoms with van der Waals surface area (Å²) in [7, 11) is 0. The van der Waals surface area contributed by atoms with E-state index in [-0.39, 0.29) is 30.6 Å². The maximum atomic E-state index is 14.8. The van der Waals surface area contributed by atoms with Gasteiger partial charge in [0, 0.05) is 23.9 Å². The van der Waals surface area contributed by atoms with E-state index < -0.39 is 40.3 Å². The van der Waals surface area contributed by atoms with Crippen molar-refractivity contribution in [3.05, 3.63) is 76.8 Å². The largest absolute Gasteiger partial charge is 0.425 e. The predicted octanol–water partition coefficient (Wildman–Crippen LogP) is 4.11. The van der Waals surface area contributed by atoms with E-state index in [2.05, 4.69) is 4.98 Å². The van der Waals surface area contributed by atoms with Crippen molar-refractivity contribution in [2.24, 2.45) is 5.41 Å². The molecule has 9 heteroatoms. The van der Waals surface area contributed by atoms with Gasteiger partial charge >= 0.3 is 6.18 Å². The van der Waals surface area contributed by atoms with Gasteiger partial charge in [-0.3, -0.25) is 19.4 Å². The van der Waals surface area contributed by atoms with Crippen LogP contribution in [-0.4, -0.2) is 39.2 Å². The number of aromatic nitrogens is 1. The number of benzene rings is 1. The Morgan fingerprint density at radius 3 is 2.47 bits per heavy atom. The summed E-state index contributed by atoms with van der Waals surface area (Å²) in [5, 5.41) is 1.94. The molecule has 0 spiro atoms. The molecule has 0 saturated carbocycles. The minimum atomic E-state index is -5.25. The van der Waals surface area contributed by atoms with Crippen LogP contribution in [0.5, 0.6) is 0 Å². The first-order chi connectivity index (χ1) is 15.9. The van der Waals surface area contributed by atoms with Crippen molar-refractivity contribution in [2.45, 2.75) is 51.9 Å². The number of halogens is 3. The number of nitrogens with zero attached hydrogens (tertiary/aromatic N) is 2. The van der Waals surface area contributed by atoms with Gasteiger partial charge in [-0.05, 0) is 43.0 Å². The third kappa shape index (κ3) is 3.89. The Morgan fingerprint density at radius 1 is 1.12 bits per heavy atom. The molecule has 2 amide bonds. The van der Waals surface area contributed by atoms with Gasteiger partial charge in [-0.25, -0.2) is 0 Å². The molecule has 0 radical (unpaired) electrons. The van der Waals surface area contributed by atoms with E-state index in [9.17, 15) is 27.6 Å². The van der Waals surface area contributed by atoms with Gasteiger partial charge in [-0.2, -0.15) is 13.2 Å². The number of carbonyl (C=O) groups excluding carboxylic acids is 3. The zero-order valence-electron chi connectivity index (χ0n) is 19.0. The van der Waals surface area contributed by atoms with Crippen molar-refractivity contribution < 1.29 is 27.6 Å². The monoisotopic (exact) mass is 471 g/mol. The molecule has 1 atom stereocenters. The highest BCUT2D eigenvalue weighted by Crippen LogP contribution is 2.52. The maximum absolute atomic E-state index is 14.8. The summed E-state index contributed by atoms with van der Waals surface area (Å²) < 4.78 is 44.4. The van der Waals surface area contributed by atoms with Crippen LogP contribution >= 0.6 is 0 Å². The highest BCUT2D eigenvalue weighted by Gasteiger charge is 2.71. The SMILES string of the molecule is Cc1cccc(C(=O)NC2(C(F)(F)F)C(=O)N(Cc3ccccn3)C3=C2C(=O)CC(C)(C)C3)c1. The van der Waals surface area contributed by atoms with Crippen LogP contribution < -0.4 is 5.32 Å². The summed E-state index contributed by atoms with van der Waals surface area (Å²) in [6, 6.07) is 10.9. The Morgan fingerprint density at radius 2 is 1.85 bits per heavy atom. The number of allylic oxidation sites excluding steroid dienone is 1. The molecule has 2 aromatic rings. The average Bonchev–Trinajstić information content (AvgIpc) is 2.97. The molecule has 34 heavy (non-hydrogen) atoms. The van der Waals surface area contributed by atoms with E-state index in [1.165, 1.54) is 24.4 Å². The van der Waals surface area contributed by atoms with Crippen LogP contribution in [0.1, 0.15) is 48.3 Å². The molecular weight excluding hydrogens is 447 g/mol. The van der Waals surface area contributed by atoms with E-state index >= 15 is 0 Å². The smallest absolute Gasteiger partial charge is 0.326 e. The molecule has 4 rings (SSSR count). The van der Waals surface area contributed by atoms with Gasteiger partial charge in [0.15, 0.2) is 5.78 Å². The van der Waals surface area contributed by atoms with Gasteiger partial charge in [0.05, 0.1) is 17.8 Å². The number of Topliss-reactive ketones (excluding diaryl/α,β-unsaturated/α-hetero) is 1. The average molecular weight is 471 g/mol. The number of ketones is 1. The fourth-order valence-electron chi connectivity index (χ4n) is 4.68. The van der Waals surface area contributed by atoms with Crippen molar-refractivity contribution in [3.8, 4) is 0 Å². The molecule has 2 aliphatic rings. The fraction of sp³-hybridized carbons (Fsp3) is 0.360. The molecule has 1 aliphatic heterocycles. The molecule has 0 fully saturated rings.